The van der Waals surface area contributed by atoms with E-state index in [1.807, 2.05) is 0 Å². The van der Waals surface area contributed by atoms with Crippen LogP contribution in [0.25, 0.3) is 0 Å². The third kappa shape index (κ3) is 3.99. The zero-order valence-electron chi connectivity index (χ0n) is 10.6. The molecule has 1 rings (SSSR count). The summed E-state index contributed by atoms with van der Waals surface area (Å²) >= 11 is 11.5. The molecule has 0 fully saturated rings. The van der Waals surface area contributed by atoms with Gasteiger partial charge in [0.15, 0.2) is 0 Å². The molecule has 0 aromatic carbocycles. The summed E-state index contributed by atoms with van der Waals surface area (Å²) in [7, 11) is 0. The molecule has 0 bridgehead atoms. The average Bonchev–Trinajstić information content (AvgIpc) is 2.44. The molecule has 0 saturated carbocycles. The van der Waals surface area contributed by atoms with Crippen LogP contribution in [-0.2, 0) is 6.18 Å². The third-order valence-electron chi connectivity index (χ3n) is 2.89. The van der Waals surface area contributed by atoms with Crippen LogP contribution in [0.5, 0.6) is 0 Å². The molecular weight excluding hydrogens is 316 g/mol. The molecule has 1 N–H and O–H groups in total. The number of halogens is 5. The smallest absolute Gasteiger partial charge is 0.343 e. The van der Waals surface area contributed by atoms with Gasteiger partial charge in [-0.3, -0.25) is 9.78 Å². The lowest BCUT2D eigenvalue weighted by Gasteiger charge is -2.29. The minimum Gasteiger partial charge on any atom is -0.343 e. The van der Waals surface area contributed by atoms with Crippen LogP contribution in [0.2, 0.25) is 0 Å². The van der Waals surface area contributed by atoms with Crippen LogP contribution in [0, 0.1) is 0 Å². The largest absolute Gasteiger partial charge is 0.417 e. The Hall–Kier alpha value is -1.01. The highest BCUT2D eigenvalue weighted by Gasteiger charge is 2.32. The minimum atomic E-state index is -4.48. The maximum absolute atomic E-state index is 12.4. The molecule has 3 nitrogen and oxygen atoms in total. The van der Waals surface area contributed by atoms with Crippen molar-refractivity contribution in [3.8, 4) is 0 Å². The van der Waals surface area contributed by atoms with E-state index in [2.05, 4.69) is 10.3 Å². The Balaban J connectivity index is 2.88. The van der Waals surface area contributed by atoms with Crippen LogP contribution < -0.4 is 5.32 Å². The van der Waals surface area contributed by atoms with E-state index in [4.69, 9.17) is 23.2 Å². The van der Waals surface area contributed by atoms with Gasteiger partial charge in [0.05, 0.1) is 11.1 Å². The Labute approximate surface area is 124 Å². The number of nitrogens with zero attached hydrogens (tertiary/aromatic N) is 1. The highest BCUT2D eigenvalue weighted by molar-refractivity contribution is 6.22. The summed E-state index contributed by atoms with van der Waals surface area (Å²) < 4.78 is 37.1. The molecule has 1 aromatic heterocycles. The predicted octanol–water partition coefficient (Wildman–Crippen LogP) is 3.46. The fourth-order valence-corrected chi connectivity index (χ4v) is 2.18. The lowest BCUT2D eigenvalue weighted by atomic mass is 10.0. The normalized spacial score (nSPS) is 12.3. The van der Waals surface area contributed by atoms with E-state index in [0.717, 1.165) is 12.1 Å². The number of rotatable bonds is 5. The van der Waals surface area contributed by atoms with Gasteiger partial charge in [-0.15, -0.1) is 23.2 Å². The molecule has 0 aliphatic heterocycles. The second-order valence-electron chi connectivity index (χ2n) is 4.29. The van der Waals surface area contributed by atoms with Crippen LogP contribution in [-0.4, -0.2) is 28.2 Å². The fourth-order valence-electron chi connectivity index (χ4n) is 1.38. The van der Waals surface area contributed by atoms with Crippen molar-refractivity contribution in [3.05, 3.63) is 29.6 Å². The van der Waals surface area contributed by atoms with E-state index in [9.17, 15) is 18.0 Å². The Bertz CT molecular complexity index is 451. The number of nitrogens with one attached hydrogen (secondary N) is 1. The van der Waals surface area contributed by atoms with Gasteiger partial charge in [-0.25, -0.2) is 0 Å². The molecule has 1 amide bonds. The van der Waals surface area contributed by atoms with Gasteiger partial charge in [-0.05, 0) is 18.6 Å². The molecule has 1 aromatic rings. The third-order valence-corrected chi connectivity index (χ3v) is 3.91. The number of pyridine rings is 1. The number of alkyl halides is 5. The monoisotopic (exact) mass is 328 g/mol. The van der Waals surface area contributed by atoms with Crippen molar-refractivity contribution in [2.45, 2.75) is 25.1 Å². The lowest BCUT2D eigenvalue weighted by molar-refractivity contribution is -0.137. The zero-order valence-corrected chi connectivity index (χ0v) is 12.1. The molecular formula is C12H13Cl2F3N2O. The predicted molar refractivity (Wildman–Crippen MR) is 71.2 cm³/mol. The number of carbonyl (C=O) groups excluding carboxylic acids is 1. The van der Waals surface area contributed by atoms with Crippen molar-refractivity contribution < 1.29 is 18.0 Å². The second-order valence-corrected chi connectivity index (χ2v) is 4.82. The number of aromatic nitrogens is 1. The minimum absolute atomic E-state index is 0.0966. The summed E-state index contributed by atoms with van der Waals surface area (Å²) in [4.78, 5) is 15.4. The van der Waals surface area contributed by atoms with Crippen molar-refractivity contribution in [1.29, 1.82) is 0 Å². The van der Waals surface area contributed by atoms with Gasteiger partial charge in [0.25, 0.3) is 5.91 Å². The number of hydrogen-bond acceptors (Lipinski definition) is 2. The first-order valence-electron chi connectivity index (χ1n) is 5.75. The van der Waals surface area contributed by atoms with E-state index in [1.54, 1.807) is 6.92 Å². The molecule has 0 spiro atoms. The Morgan fingerprint density at radius 1 is 1.30 bits per heavy atom. The molecule has 0 aliphatic carbocycles. The van der Waals surface area contributed by atoms with E-state index in [-0.39, 0.29) is 17.5 Å². The van der Waals surface area contributed by atoms with Crippen LogP contribution in [0.1, 0.15) is 29.4 Å². The number of carbonyl (C=O) groups is 1. The van der Waals surface area contributed by atoms with Gasteiger partial charge in [-0.1, -0.05) is 6.92 Å². The van der Waals surface area contributed by atoms with E-state index in [1.165, 1.54) is 0 Å². The zero-order chi connectivity index (χ0) is 15.4. The summed E-state index contributed by atoms with van der Waals surface area (Å²) in [5.74, 6) is -0.416. The Morgan fingerprint density at radius 2 is 1.90 bits per heavy atom. The molecule has 1 heterocycles. The summed E-state index contributed by atoms with van der Waals surface area (Å²) in [5.41, 5.74) is -1.83. The molecule has 0 saturated heterocycles. The Morgan fingerprint density at radius 3 is 2.25 bits per heavy atom. The van der Waals surface area contributed by atoms with Crippen LogP contribution in [0.3, 0.4) is 0 Å². The first-order chi connectivity index (χ1) is 9.28. The van der Waals surface area contributed by atoms with E-state index in [0.29, 0.717) is 12.6 Å². The molecule has 0 unspecified atom stereocenters. The van der Waals surface area contributed by atoms with Crippen molar-refractivity contribution in [2.24, 2.45) is 0 Å². The maximum atomic E-state index is 12.4. The van der Waals surface area contributed by atoms with Crippen LogP contribution >= 0.6 is 23.2 Å². The summed E-state index contributed by atoms with van der Waals surface area (Å²) in [5, 5.41) is 2.61. The maximum Gasteiger partial charge on any atom is 0.417 e. The first kappa shape index (κ1) is 17.0. The number of amides is 1. The summed E-state index contributed by atoms with van der Waals surface area (Å²) in [6, 6.07) is 1.82. The number of hydrogen-bond donors (Lipinski definition) is 1. The molecule has 8 heteroatoms. The SMILES string of the molecule is CCC(CCl)(CCl)NC(=O)c1ccc(C(F)(F)F)cn1. The fraction of sp³-hybridized carbons (Fsp3) is 0.500. The molecule has 112 valence electrons. The molecule has 0 radical (unpaired) electrons. The van der Waals surface area contributed by atoms with Gasteiger partial charge in [0, 0.05) is 18.0 Å². The quantitative estimate of drug-likeness (QED) is 0.841. The topological polar surface area (TPSA) is 42.0 Å². The van der Waals surface area contributed by atoms with Crippen molar-refractivity contribution >= 4 is 29.1 Å². The first-order valence-corrected chi connectivity index (χ1v) is 6.82. The van der Waals surface area contributed by atoms with Crippen LogP contribution in [0.15, 0.2) is 18.3 Å². The molecule has 0 aliphatic rings. The summed E-state index contributed by atoms with van der Waals surface area (Å²) in [6.07, 6.45) is -3.38. The Kier molecular flexibility index (Phi) is 5.65. The highest BCUT2D eigenvalue weighted by atomic mass is 35.5. The summed E-state index contributed by atoms with van der Waals surface area (Å²) in [6.45, 7) is 1.80. The highest BCUT2D eigenvalue weighted by Crippen LogP contribution is 2.28. The van der Waals surface area contributed by atoms with Gasteiger partial charge in [0.2, 0.25) is 0 Å². The molecule has 0 atom stereocenters. The van der Waals surface area contributed by atoms with E-state index < -0.39 is 23.2 Å². The van der Waals surface area contributed by atoms with Gasteiger partial charge in [-0.2, -0.15) is 13.2 Å². The van der Waals surface area contributed by atoms with Gasteiger partial charge >= 0.3 is 6.18 Å². The molecule has 20 heavy (non-hydrogen) atoms. The van der Waals surface area contributed by atoms with E-state index >= 15 is 0 Å². The van der Waals surface area contributed by atoms with Gasteiger partial charge < -0.3 is 5.32 Å². The second kappa shape index (κ2) is 6.63. The van der Waals surface area contributed by atoms with Crippen molar-refractivity contribution in [1.82, 2.24) is 10.3 Å². The lowest BCUT2D eigenvalue weighted by Crippen LogP contribution is -2.51. The standard InChI is InChI=1S/C12H13Cl2F3N2O/c1-2-11(6-13,7-14)19-10(20)9-4-3-8(5-18-9)12(15,16)17/h3-5H,2,6-7H2,1H3,(H,19,20). The van der Waals surface area contributed by atoms with Gasteiger partial charge in [0.1, 0.15) is 5.69 Å². The van der Waals surface area contributed by atoms with Crippen LogP contribution in [0.4, 0.5) is 13.2 Å². The average molecular weight is 329 g/mol. The van der Waals surface area contributed by atoms with Crippen molar-refractivity contribution in [2.75, 3.05) is 11.8 Å². The van der Waals surface area contributed by atoms with Crippen molar-refractivity contribution in [3.63, 3.8) is 0 Å².